The number of nitrogens with zero attached hydrogens (tertiary/aromatic N) is 8. The minimum absolute atomic E-state index is 0.177. The number of halogens is 3. The van der Waals surface area contributed by atoms with Gasteiger partial charge >= 0.3 is 6.18 Å². The largest absolute Gasteiger partial charge is 0.480 e. The zero-order chi connectivity index (χ0) is 26.6. The minimum atomic E-state index is -4.51. The maximum Gasteiger partial charge on any atom is 0.434 e. The van der Waals surface area contributed by atoms with Crippen LogP contribution in [0.25, 0.3) is 33.1 Å². The zero-order valence-corrected chi connectivity index (χ0v) is 21.6. The van der Waals surface area contributed by atoms with Crippen LogP contribution in [0.3, 0.4) is 0 Å². The van der Waals surface area contributed by atoms with Crippen molar-refractivity contribution in [3.8, 4) is 28.0 Å². The molecule has 0 atom stereocenters. The Morgan fingerprint density at radius 3 is 2.63 bits per heavy atom. The number of thiophene rings is 1. The fourth-order valence-corrected chi connectivity index (χ4v) is 5.34. The van der Waals surface area contributed by atoms with E-state index in [1.807, 2.05) is 19.9 Å². The van der Waals surface area contributed by atoms with Crippen molar-refractivity contribution < 1.29 is 17.9 Å². The molecule has 6 rings (SSSR count). The second-order valence-corrected chi connectivity index (χ2v) is 10.6. The number of alkyl halides is 3. The second-order valence-electron chi connectivity index (χ2n) is 9.41. The molecule has 1 aliphatic rings. The first-order chi connectivity index (χ1) is 18.2. The fourth-order valence-electron chi connectivity index (χ4n) is 4.35. The van der Waals surface area contributed by atoms with E-state index in [1.54, 1.807) is 34.8 Å². The Hall–Kier alpha value is -3.87. The fraction of sp³-hybridized carbons (Fsp3) is 0.360. The summed E-state index contributed by atoms with van der Waals surface area (Å²) in [6, 6.07) is 3.49. The Morgan fingerprint density at radius 1 is 1.11 bits per heavy atom. The summed E-state index contributed by atoms with van der Waals surface area (Å²) < 4.78 is 48.8. The number of imidazole rings is 1. The van der Waals surface area contributed by atoms with E-state index >= 15 is 0 Å². The summed E-state index contributed by atoms with van der Waals surface area (Å²) in [6.07, 6.45) is 3.55. The Labute approximate surface area is 219 Å². The smallest absolute Gasteiger partial charge is 0.434 e. The van der Waals surface area contributed by atoms with Gasteiger partial charge in [0, 0.05) is 29.2 Å². The molecule has 0 saturated heterocycles. The van der Waals surface area contributed by atoms with Gasteiger partial charge in [-0.05, 0) is 38.8 Å². The molecule has 0 unspecified atom stereocenters. The predicted octanol–water partition coefficient (Wildman–Crippen LogP) is 5.74. The van der Waals surface area contributed by atoms with Crippen molar-refractivity contribution >= 4 is 22.4 Å². The lowest BCUT2D eigenvalue weighted by molar-refractivity contribution is -0.140. The zero-order valence-electron chi connectivity index (χ0n) is 20.8. The van der Waals surface area contributed by atoms with Crippen LogP contribution in [0.2, 0.25) is 0 Å². The molecule has 1 saturated carbocycles. The van der Waals surface area contributed by atoms with Crippen molar-refractivity contribution in [3.63, 3.8) is 0 Å². The van der Waals surface area contributed by atoms with Crippen LogP contribution < -0.4 is 4.74 Å². The van der Waals surface area contributed by atoms with Gasteiger partial charge in [-0.3, -0.25) is 0 Å². The molecule has 9 nitrogen and oxygen atoms in total. The number of ether oxygens (including phenoxy) is 1. The van der Waals surface area contributed by atoms with Crippen molar-refractivity contribution in [1.82, 2.24) is 39.3 Å². The molecule has 5 aromatic heterocycles. The Morgan fingerprint density at radius 2 is 1.92 bits per heavy atom. The quantitative estimate of drug-likeness (QED) is 0.260. The topological polar surface area (TPSA) is 96.4 Å². The van der Waals surface area contributed by atoms with Gasteiger partial charge in [0.1, 0.15) is 11.9 Å². The van der Waals surface area contributed by atoms with Crippen molar-refractivity contribution in [3.05, 3.63) is 53.3 Å². The summed E-state index contributed by atoms with van der Waals surface area (Å²) in [5.41, 5.74) is 1.29. The van der Waals surface area contributed by atoms with Crippen molar-refractivity contribution in [1.29, 1.82) is 0 Å². The first-order valence-electron chi connectivity index (χ1n) is 12.1. The lowest BCUT2D eigenvalue weighted by atomic mass is 10.1. The maximum atomic E-state index is 13.3. The maximum absolute atomic E-state index is 13.3. The highest BCUT2D eigenvalue weighted by atomic mass is 32.1. The highest BCUT2D eigenvalue weighted by Gasteiger charge is 2.35. The summed E-state index contributed by atoms with van der Waals surface area (Å²) in [4.78, 5) is 23.5. The van der Waals surface area contributed by atoms with E-state index in [2.05, 4.69) is 25.0 Å². The molecule has 0 aliphatic heterocycles. The molecule has 0 bridgehead atoms. The molecule has 0 N–H and O–H groups in total. The molecule has 0 amide bonds. The number of hydrogen-bond acceptors (Lipinski definition) is 8. The van der Waals surface area contributed by atoms with Crippen LogP contribution in [0.1, 0.15) is 54.9 Å². The third kappa shape index (κ3) is 4.40. The molecule has 0 radical (unpaired) electrons. The molecule has 0 aromatic carbocycles. The van der Waals surface area contributed by atoms with Crippen LogP contribution in [0, 0.1) is 0 Å². The van der Waals surface area contributed by atoms with Crippen LogP contribution >= 0.6 is 11.3 Å². The molecule has 5 aromatic rings. The van der Waals surface area contributed by atoms with Crippen LogP contribution in [-0.2, 0) is 12.7 Å². The normalized spacial score (nSPS) is 14.1. The molecular weight excluding hydrogens is 517 g/mol. The van der Waals surface area contributed by atoms with Gasteiger partial charge in [0.05, 0.1) is 35.8 Å². The summed E-state index contributed by atoms with van der Waals surface area (Å²) in [5.74, 6) is 1.52. The van der Waals surface area contributed by atoms with Crippen LogP contribution in [0.4, 0.5) is 13.2 Å². The van der Waals surface area contributed by atoms with Crippen LogP contribution in [-0.4, -0.2) is 46.4 Å². The predicted molar refractivity (Wildman–Crippen MR) is 135 cm³/mol. The molecule has 1 fully saturated rings. The number of methoxy groups -OCH3 is 1. The Balaban J connectivity index is 1.35. The minimum Gasteiger partial charge on any atom is -0.480 e. The number of fused-ring (bicyclic) bond motifs is 1. The van der Waals surface area contributed by atoms with Crippen LogP contribution in [0.5, 0.6) is 5.88 Å². The van der Waals surface area contributed by atoms with Gasteiger partial charge in [-0.15, -0.1) is 11.3 Å². The monoisotopic (exact) mass is 540 g/mol. The van der Waals surface area contributed by atoms with E-state index in [4.69, 9.17) is 9.72 Å². The molecule has 5 heterocycles. The molecule has 38 heavy (non-hydrogen) atoms. The Kier molecular flexibility index (Phi) is 5.89. The lowest BCUT2D eigenvalue weighted by Crippen LogP contribution is -2.05. The van der Waals surface area contributed by atoms with Gasteiger partial charge in [0.2, 0.25) is 5.88 Å². The van der Waals surface area contributed by atoms with E-state index in [1.165, 1.54) is 17.7 Å². The van der Waals surface area contributed by atoms with E-state index in [0.717, 1.165) is 35.0 Å². The van der Waals surface area contributed by atoms with Crippen molar-refractivity contribution in [2.45, 2.75) is 51.4 Å². The van der Waals surface area contributed by atoms with E-state index in [0.29, 0.717) is 46.1 Å². The summed E-state index contributed by atoms with van der Waals surface area (Å²) >= 11 is 1.37. The van der Waals surface area contributed by atoms with E-state index in [9.17, 15) is 13.2 Å². The lowest BCUT2D eigenvalue weighted by Gasteiger charge is -2.10. The van der Waals surface area contributed by atoms with Gasteiger partial charge in [0.15, 0.2) is 23.0 Å². The van der Waals surface area contributed by atoms with Crippen molar-refractivity contribution in [2.75, 3.05) is 7.11 Å². The van der Waals surface area contributed by atoms with Gasteiger partial charge in [-0.2, -0.15) is 18.3 Å². The molecule has 0 spiro atoms. The van der Waals surface area contributed by atoms with Crippen LogP contribution in [0.15, 0.2) is 37.1 Å². The highest BCUT2D eigenvalue weighted by Crippen LogP contribution is 2.45. The van der Waals surface area contributed by atoms with Gasteiger partial charge < -0.3 is 9.30 Å². The third-order valence-corrected chi connectivity index (χ3v) is 7.43. The van der Waals surface area contributed by atoms with Crippen molar-refractivity contribution in [2.24, 2.45) is 0 Å². The summed E-state index contributed by atoms with van der Waals surface area (Å²) in [7, 11) is 1.56. The van der Waals surface area contributed by atoms with Gasteiger partial charge in [0.25, 0.3) is 0 Å². The molecular formula is C25H23F3N8OS. The average Bonchev–Trinajstić information content (AvgIpc) is 3.27. The molecule has 1 aliphatic carbocycles. The van der Waals surface area contributed by atoms with E-state index in [-0.39, 0.29) is 6.04 Å². The summed E-state index contributed by atoms with van der Waals surface area (Å²) in [6.45, 7) is 4.04. The highest BCUT2D eigenvalue weighted by molar-refractivity contribution is 7.15. The Bertz CT molecular complexity index is 1630. The standard InChI is InChI=1S/C25H23F3N8OS/c1-13(2)35-11-18(25(26,27)28)33-23(35)17-7-6-16(38-17)10-36-22-15(9-32-36)8-29-21(34-22)19-20(14-4-5-14)30-12-31-24(19)37-3/h6-9,11-14H,4-5,10H2,1-3H3. The first-order valence-corrected chi connectivity index (χ1v) is 12.9. The molecule has 13 heteroatoms. The SMILES string of the molecule is COc1ncnc(C2CC2)c1-c1ncc2cnn(Cc3ccc(-c4nc(C(F)(F)F)cn4C(C)C)s3)c2n1. The number of hydrogen-bond donors (Lipinski definition) is 0. The summed E-state index contributed by atoms with van der Waals surface area (Å²) in [5, 5.41) is 5.25. The molecule has 196 valence electrons. The van der Waals surface area contributed by atoms with Gasteiger partial charge in [-0.1, -0.05) is 0 Å². The van der Waals surface area contributed by atoms with E-state index < -0.39 is 11.9 Å². The second kappa shape index (κ2) is 9.15. The third-order valence-electron chi connectivity index (χ3n) is 6.37. The number of aromatic nitrogens is 8. The number of rotatable bonds is 7. The first kappa shape index (κ1) is 24.5. The average molecular weight is 541 g/mol. The van der Waals surface area contributed by atoms with Gasteiger partial charge in [-0.25, -0.2) is 29.6 Å².